The van der Waals surface area contributed by atoms with Crippen molar-refractivity contribution in [3.05, 3.63) is 35.4 Å². The van der Waals surface area contributed by atoms with Gasteiger partial charge in [-0.05, 0) is 31.2 Å². The maximum absolute atomic E-state index is 14.4. The van der Waals surface area contributed by atoms with Gasteiger partial charge in [0.05, 0.1) is 11.5 Å². The molecule has 2 unspecified atom stereocenters. The fraction of sp³-hybridized carbons (Fsp3) is 0.611. The molecule has 24 heavy (non-hydrogen) atoms. The van der Waals surface area contributed by atoms with Gasteiger partial charge < -0.3 is 14.7 Å². The van der Waals surface area contributed by atoms with Gasteiger partial charge in [0.1, 0.15) is 11.6 Å². The molecule has 2 fully saturated rings. The number of amides is 1. The van der Waals surface area contributed by atoms with Crippen LogP contribution in [0.5, 0.6) is 0 Å². The Balaban J connectivity index is 1.95. The van der Waals surface area contributed by atoms with Crippen molar-refractivity contribution in [2.75, 3.05) is 26.3 Å². The van der Waals surface area contributed by atoms with Gasteiger partial charge >= 0.3 is 0 Å². The molecule has 2 aliphatic heterocycles. The van der Waals surface area contributed by atoms with Gasteiger partial charge in [-0.1, -0.05) is 13.0 Å². The molecule has 132 valence electrons. The third-order valence-corrected chi connectivity index (χ3v) is 5.41. The molecule has 2 aliphatic rings. The highest BCUT2D eigenvalue weighted by Gasteiger charge is 2.46. The SMILES string of the molecule is CC1CCN(C(=O)C2(c3ccc(F)cc3F)CCOCC2)CC1O. The van der Waals surface area contributed by atoms with Crippen LogP contribution < -0.4 is 0 Å². The van der Waals surface area contributed by atoms with Gasteiger partial charge in [-0.25, -0.2) is 8.78 Å². The Bertz CT molecular complexity index is 616. The number of ether oxygens (including phenoxy) is 1. The Hall–Kier alpha value is -1.53. The number of carbonyl (C=O) groups excluding carboxylic acids is 1. The van der Waals surface area contributed by atoms with Gasteiger partial charge in [-0.15, -0.1) is 0 Å². The largest absolute Gasteiger partial charge is 0.391 e. The fourth-order valence-corrected chi connectivity index (χ4v) is 3.73. The van der Waals surface area contributed by atoms with E-state index in [4.69, 9.17) is 4.74 Å². The van der Waals surface area contributed by atoms with Gasteiger partial charge in [0.25, 0.3) is 0 Å². The number of hydrogen-bond acceptors (Lipinski definition) is 3. The summed E-state index contributed by atoms with van der Waals surface area (Å²) in [5, 5.41) is 10.1. The first kappa shape index (κ1) is 17.3. The van der Waals surface area contributed by atoms with Crippen LogP contribution in [0.3, 0.4) is 0 Å². The number of rotatable bonds is 2. The Labute approximate surface area is 140 Å². The second kappa shape index (κ2) is 6.76. The molecule has 4 nitrogen and oxygen atoms in total. The predicted octanol–water partition coefficient (Wildman–Crippen LogP) is 2.24. The van der Waals surface area contributed by atoms with Crippen LogP contribution in [0.2, 0.25) is 0 Å². The quantitative estimate of drug-likeness (QED) is 0.899. The lowest BCUT2D eigenvalue weighted by Gasteiger charge is -2.43. The van der Waals surface area contributed by atoms with Crippen molar-refractivity contribution in [2.24, 2.45) is 5.92 Å². The molecule has 0 spiro atoms. The summed E-state index contributed by atoms with van der Waals surface area (Å²) in [6.07, 6.45) is 0.857. The maximum Gasteiger partial charge on any atom is 0.233 e. The Morgan fingerprint density at radius 1 is 1.33 bits per heavy atom. The van der Waals surface area contributed by atoms with Crippen LogP contribution in [0.1, 0.15) is 31.7 Å². The van der Waals surface area contributed by atoms with Gasteiger partial charge in [0, 0.05) is 37.9 Å². The fourth-order valence-electron chi connectivity index (χ4n) is 3.73. The van der Waals surface area contributed by atoms with Crippen LogP contribution in [0.25, 0.3) is 0 Å². The molecule has 2 saturated heterocycles. The summed E-state index contributed by atoms with van der Waals surface area (Å²) in [5.41, 5.74) is -0.818. The minimum atomic E-state index is -1.05. The first-order chi connectivity index (χ1) is 11.4. The second-order valence-corrected chi connectivity index (χ2v) is 6.90. The van der Waals surface area contributed by atoms with E-state index >= 15 is 0 Å². The number of likely N-dealkylation sites (tertiary alicyclic amines) is 1. The van der Waals surface area contributed by atoms with E-state index in [1.807, 2.05) is 6.92 Å². The van der Waals surface area contributed by atoms with Crippen LogP contribution in [-0.2, 0) is 14.9 Å². The molecule has 0 radical (unpaired) electrons. The molecule has 2 heterocycles. The number of aliphatic hydroxyl groups is 1. The Morgan fingerprint density at radius 2 is 2.04 bits per heavy atom. The van der Waals surface area contributed by atoms with Gasteiger partial charge in [-0.2, -0.15) is 0 Å². The number of β-amino-alcohol motifs (C(OH)–C–C–N with tert-alkyl or cyclic N) is 1. The summed E-state index contributed by atoms with van der Waals surface area (Å²) in [7, 11) is 0. The lowest BCUT2D eigenvalue weighted by atomic mass is 9.72. The summed E-state index contributed by atoms with van der Waals surface area (Å²) >= 11 is 0. The topological polar surface area (TPSA) is 49.8 Å². The molecule has 0 bridgehead atoms. The number of benzene rings is 1. The Kier molecular flexibility index (Phi) is 4.88. The van der Waals surface area contributed by atoms with E-state index in [9.17, 15) is 18.7 Å². The van der Waals surface area contributed by atoms with Crippen molar-refractivity contribution in [2.45, 2.75) is 37.7 Å². The van der Waals surface area contributed by atoms with Crippen LogP contribution in [-0.4, -0.2) is 48.3 Å². The van der Waals surface area contributed by atoms with Crippen LogP contribution in [0, 0.1) is 17.6 Å². The van der Waals surface area contributed by atoms with Crippen molar-refractivity contribution in [1.82, 2.24) is 4.90 Å². The molecule has 3 rings (SSSR count). The molecule has 1 amide bonds. The molecule has 1 N–H and O–H groups in total. The zero-order valence-electron chi connectivity index (χ0n) is 13.8. The normalized spacial score (nSPS) is 27.1. The van der Waals surface area contributed by atoms with E-state index in [2.05, 4.69) is 0 Å². The Morgan fingerprint density at radius 3 is 2.67 bits per heavy atom. The molecule has 0 saturated carbocycles. The minimum absolute atomic E-state index is 0.141. The van der Waals surface area contributed by atoms with Crippen molar-refractivity contribution >= 4 is 5.91 Å². The first-order valence-electron chi connectivity index (χ1n) is 8.45. The van der Waals surface area contributed by atoms with Crippen molar-refractivity contribution in [1.29, 1.82) is 0 Å². The van der Waals surface area contributed by atoms with E-state index in [1.54, 1.807) is 4.90 Å². The molecule has 0 aromatic heterocycles. The number of halogens is 2. The summed E-state index contributed by atoms with van der Waals surface area (Å²) < 4.78 is 33.1. The third-order valence-electron chi connectivity index (χ3n) is 5.41. The molecule has 2 atom stereocenters. The molecule has 6 heteroatoms. The minimum Gasteiger partial charge on any atom is -0.391 e. The van der Waals surface area contributed by atoms with Crippen molar-refractivity contribution < 1.29 is 23.4 Å². The average molecular weight is 339 g/mol. The summed E-state index contributed by atoms with van der Waals surface area (Å²) in [6, 6.07) is 3.39. The van der Waals surface area contributed by atoms with E-state index < -0.39 is 23.2 Å². The highest BCUT2D eigenvalue weighted by molar-refractivity contribution is 5.88. The van der Waals surface area contributed by atoms with Crippen molar-refractivity contribution in [3.63, 3.8) is 0 Å². The molecule has 0 aliphatic carbocycles. The lowest BCUT2D eigenvalue weighted by molar-refractivity contribution is -0.145. The van der Waals surface area contributed by atoms with Gasteiger partial charge in [0.15, 0.2) is 0 Å². The zero-order chi connectivity index (χ0) is 17.3. The van der Waals surface area contributed by atoms with Crippen LogP contribution in [0.4, 0.5) is 8.78 Å². The molecular formula is C18H23F2NO3. The summed E-state index contributed by atoms with van der Waals surface area (Å²) in [6.45, 7) is 3.47. The number of aliphatic hydroxyl groups excluding tert-OH is 1. The number of carbonyl (C=O) groups is 1. The number of hydrogen-bond donors (Lipinski definition) is 1. The van der Waals surface area contributed by atoms with Crippen LogP contribution in [0.15, 0.2) is 18.2 Å². The highest BCUT2D eigenvalue weighted by atomic mass is 19.1. The molecule has 1 aromatic rings. The first-order valence-corrected chi connectivity index (χ1v) is 8.45. The third kappa shape index (κ3) is 3.05. The highest BCUT2D eigenvalue weighted by Crippen LogP contribution is 2.39. The smallest absolute Gasteiger partial charge is 0.233 e. The monoisotopic (exact) mass is 339 g/mol. The van der Waals surface area contributed by atoms with Gasteiger partial charge in [-0.3, -0.25) is 4.79 Å². The maximum atomic E-state index is 14.4. The summed E-state index contributed by atoms with van der Waals surface area (Å²) in [4.78, 5) is 14.9. The zero-order valence-corrected chi connectivity index (χ0v) is 13.8. The van der Waals surface area contributed by atoms with E-state index in [1.165, 1.54) is 12.1 Å². The lowest BCUT2D eigenvalue weighted by Crippen LogP contribution is -2.55. The second-order valence-electron chi connectivity index (χ2n) is 6.90. The number of nitrogens with zero attached hydrogens (tertiary/aromatic N) is 1. The van der Waals surface area contributed by atoms with Gasteiger partial charge in [0.2, 0.25) is 5.91 Å². The van der Waals surface area contributed by atoms with E-state index in [0.717, 1.165) is 6.07 Å². The van der Waals surface area contributed by atoms with E-state index in [0.29, 0.717) is 39.0 Å². The van der Waals surface area contributed by atoms with Crippen LogP contribution >= 0.6 is 0 Å². The predicted molar refractivity (Wildman–Crippen MR) is 84.5 cm³/mol. The summed E-state index contributed by atoms with van der Waals surface area (Å²) in [5.74, 6) is -1.41. The molecular weight excluding hydrogens is 316 g/mol. The number of piperidine rings is 1. The average Bonchev–Trinajstić information content (AvgIpc) is 2.57. The van der Waals surface area contributed by atoms with Crippen molar-refractivity contribution in [3.8, 4) is 0 Å². The standard InChI is InChI=1S/C18H23F2NO3/c1-12-4-7-21(11-16(12)22)17(23)18(5-8-24-9-6-18)14-3-2-13(19)10-15(14)20/h2-3,10,12,16,22H,4-9,11H2,1H3. The van der Waals surface area contributed by atoms with E-state index in [-0.39, 0.29) is 23.9 Å². The molecule has 1 aromatic carbocycles.